The molecule has 128 valence electrons. The van der Waals surface area contributed by atoms with Crippen LogP contribution in [0.2, 0.25) is 0 Å². The number of rotatable bonds is 7. The van der Waals surface area contributed by atoms with Crippen LogP contribution in [0.15, 0.2) is 24.3 Å². The Balaban J connectivity index is 2.29. The number of benzene rings is 1. The SMILES string of the molecule is CSCC[C@H](C(=O)O[C@H](C)C(N)=O)N1C(=O)c2ccccc2C1=O. The maximum absolute atomic E-state index is 12.5. The predicted molar refractivity (Wildman–Crippen MR) is 88.5 cm³/mol. The maximum Gasteiger partial charge on any atom is 0.330 e. The molecule has 1 aromatic carbocycles. The Hall–Kier alpha value is -2.35. The third kappa shape index (κ3) is 3.43. The normalized spacial score (nSPS) is 15.8. The highest BCUT2D eigenvalue weighted by atomic mass is 32.2. The van der Waals surface area contributed by atoms with Crippen molar-refractivity contribution in [3.05, 3.63) is 35.4 Å². The number of hydrogen-bond acceptors (Lipinski definition) is 6. The largest absolute Gasteiger partial charge is 0.451 e. The first-order valence-corrected chi connectivity index (χ1v) is 8.73. The van der Waals surface area contributed by atoms with E-state index in [0.717, 1.165) is 4.90 Å². The summed E-state index contributed by atoms with van der Waals surface area (Å²) in [5.41, 5.74) is 5.61. The van der Waals surface area contributed by atoms with Gasteiger partial charge in [-0.2, -0.15) is 11.8 Å². The van der Waals surface area contributed by atoms with Crippen molar-refractivity contribution >= 4 is 35.5 Å². The van der Waals surface area contributed by atoms with E-state index in [-0.39, 0.29) is 17.5 Å². The summed E-state index contributed by atoms with van der Waals surface area (Å²) >= 11 is 1.47. The van der Waals surface area contributed by atoms with Gasteiger partial charge in [0.05, 0.1) is 11.1 Å². The number of nitrogens with zero attached hydrogens (tertiary/aromatic N) is 1. The number of ether oxygens (including phenoxy) is 1. The fourth-order valence-electron chi connectivity index (χ4n) is 2.38. The van der Waals surface area contributed by atoms with E-state index in [2.05, 4.69) is 0 Å². The first kappa shape index (κ1) is 18.0. The first-order chi connectivity index (χ1) is 11.4. The topological polar surface area (TPSA) is 107 Å². The summed E-state index contributed by atoms with van der Waals surface area (Å²) in [7, 11) is 0. The van der Waals surface area contributed by atoms with E-state index in [9.17, 15) is 19.2 Å². The van der Waals surface area contributed by atoms with E-state index in [1.165, 1.54) is 18.7 Å². The minimum atomic E-state index is -1.13. The number of hydrogen-bond donors (Lipinski definition) is 1. The number of fused-ring (bicyclic) bond motifs is 1. The summed E-state index contributed by atoms with van der Waals surface area (Å²) in [6.45, 7) is 1.34. The first-order valence-electron chi connectivity index (χ1n) is 7.34. The van der Waals surface area contributed by atoms with Gasteiger partial charge in [-0.3, -0.25) is 19.3 Å². The second-order valence-electron chi connectivity index (χ2n) is 5.30. The van der Waals surface area contributed by atoms with E-state index in [0.29, 0.717) is 5.75 Å². The number of nitrogens with two attached hydrogens (primary N) is 1. The van der Waals surface area contributed by atoms with E-state index in [4.69, 9.17) is 10.5 Å². The quantitative estimate of drug-likeness (QED) is 0.576. The molecule has 2 rings (SSSR count). The molecule has 1 aliphatic rings. The van der Waals surface area contributed by atoms with E-state index >= 15 is 0 Å². The summed E-state index contributed by atoms with van der Waals surface area (Å²) in [6, 6.07) is 5.29. The minimum absolute atomic E-state index is 0.233. The lowest BCUT2D eigenvalue weighted by molar-refractivity contribution is -0.157. The Bertz CT molecular complexity index is 656. The molecule has 7 nitrogen and oxygen atoms in total. The molecule has 0 aliphatic carbocycles. The molecule has 1 aliphatic heterocycles. The molecule has 0 saturated heterocycles. The zero-order valence-corrected chi connectivity index (χ0v) is 14.2. The minimum Gasteiger partial charge on any atom is -0.451 e. The second-order valence-corrected chi connectivity index (χ2v) is 6.29. The van der Waals surface area contributed by atoms with Crippen LogP contribution >= 0.6 is 11.8 Å². The van der Waals surface area contributed by atoms with Crippen molar-refractivity contribution in [2.45, 2.75) is 25.5 Å². The Labute approximate surface area is 143 Å². The lowest BCUT2D eigenvalue weighted by Crippen LogP contribution is -2.47. The third-order valence-corrected chi connectivity index (χ3v) is 4.34. The number of esters is 1. The van der Waals surface area contributed by atoms with Gasteiger partial charge < -0.3 is 10.5 Å². The highest BCUT2D eigenvalue weighted by Crippen LogP contribution is 2.26. The van der Waals surface area contributed by atoms with Crippen LogP contribution in [0.3, 0.4) is 0 Å². The lowest BCUT2D eigenvalue weighted by atomic mass is 10.1. The van der Waals surface area contributed by atoms with Gasteiger partial charge in [0.2, 0.25) is 0 Å². The molecular weight excluding hydrogens is 332 g/mol. The smallest absolute Gasteiger partial charge is 0.330 e. The molecule has 0 unspecified atom stereocenters. The maximum atomic E-state index is 12.5. The average molecular weight is 350 g/mol. The van der Waals surface area contributed by atoms with Crippen molar-refractivity contribution in [2.75, 3.05) is 12.0 Å². The molecule has 0 bridgehead atoms. The fraction of sp³-hybridized carbons (Fsp3) is 0.375. The van der Waals surface area contributed by atoms with Gasteiger partial charge in [0.1, 0.15) is 6.04 Å². The van der Waals surface area contributed by atoms with Crippen molar-refractivity contribution in [1.82, 2.24) is 4.90 Å². The van der Waals surface area contributed by atoms with Crippen molar-refractivity contribution in [3.8, 4) is 0 Å². The van der Waals surface area contributed by atoms with Gasteiger partial charge in [-0.15, -0.1) is 0 Å². The van der Waals surface area contributed by atoms with E-state index in [1.807, 2.05) is 6.26 Å². The lowest BCUT2D eigenvalue weighted by Gasteiger charge is -2.25. The molecule has 0 saturated carbocycles. The summed E-state index contributed by atoms with van der Waals surface area (Å²) in [6.07, 6.45) is 0.942. The molecule has 24 heavy (non-hydrogen) atoms. The second kappa shape index (κ2) is 7.48. The van der Waals surface area contributed by atoms with Gasteiger partial charge >= 0.3 is 5.97 Å². The fourth-order valence-corrected chi connectivity index (χ4v) is 2.84. The molecule has 0 fully saturated rings. The third-order valence-electron chi connectivity index (χ3n) is 3.70. The summed E-state index contributed by atoms with van der Waals surface area (Å²) in [5.74, 6) is -2.15. The van der Waals surface area contributed by atoms with Crippen LogP contribution < -0.4 is 5.73 Å². The van der Waals surface area contributed by atoms with Crippen LogP contribution in [-0.2, 0) is 14.3 Å². The van der Waals surface area contributed by atoms with Crippen LogP contribution in [0.25, 0.3) is 0 Å². The molecular formula is C16H18N2O5S. The molecule has 0 aromatic heterocycles. The Kier molecular flexibility index (Phi) is 5.61. The molecule has 2 N–H and O–H groups in total. The van der Waals surface area contributed by atoms with Gasteiger partial charge in [0.15, 0.2) is 6.10 Å². The molecule has 8 heteroatoms. The molecule has 3 amide bonds. The van der Waals surface area contributed by atoms with E-state index < -0.39 is 35.8 Å². The zero-order valence-electron chi connectivity index (χ0n) is 13.4. The Morgan fingerprint density at radius 2 is 1.75 bits per heavy atom. The van der Waals surface area contributed by atoms with Gasteiger partial charge in [-0.1, -0.05) is 12.1 Å². The van der Waals surface area contributed by atoms with Gasteiger partial charge in [0, 0.05) is 0 Å². The summed E-state index contributed by atoms with van der Waals surface area (Å²) in [5, 5.41) is 0. The number of carbonyl (C=O) groups excluding carboxylic acids is 4. The van der Waals surface area contributed by atoms with Crippen LogP contribution in [0.1, 0.15) is 34.1 Å². The van der Waals surface area contributed by atoms with E-state index in [1.54, 1.807) is 24.3 Å². The van der Waals surface area contributed by atoms with Crippen LogP contribution in [0.5, 0.6) is 0 Å². The molecule has 1 heterocycles. The summed E-state index contributed by atoms with van der Waals surface area (Å²) in [4.78, 5) is 49.5. The van der Waals surface area contributed by atoms with Crippen LogP contribution in [0, 0.1) is 0 Å². The number of thioether (sulfide) groups is 1. The number of primary amides is 1. The standard InChI is InChI=1S/C16H18N2O5S/c1-9(13(17)19)23-16(22)12(7-8-24-2)18-14(20)10-5-3-4-6-11(10)15(18)21/h3-6,9,12H,7-8H2,1-2H3,(H2,17,19)/t9-,12-/m1/s1. The van der Waals surface area contributed by atoms with Crippen LogP contribution in [-0.4, -0.2) is 52.7 Å². The van der Waals surface area contributed by atoms with Crippen LogP contribution in [0.4, 0.5) is 0 Å². The molecule has 1 aromatic rings. The van der Waals surface area contributed by atoms with Gasteiger partial charge in [-0.05, 0) is 37.5 Å². The molecule has 0 spiro atoms. The van der Waals surface area contributed by atoms with Crippen molar-refractivity contribution in [3.63, 3.8) is 0 Å². The number of carbonyl (C=O) groups is 4. The number of imide groups is 1. The highest BCUT2D eigenvalue weighted by molar-refractivity contribution is 7.98. The summed E-state index contributed by atoms with van der Waals surface area (Å²) < 4.78 is 5.01. The predicted octanol–water partition coefficient (Wildman–Crippen LogP) is 0.821. The van der Waals surface area contributed by atoms with Gasteiger partial charge in [0.25, 0.3) is 17.7 Å². The monoisotopic (exact) mass is 350 g/mol. The number of amides is 3. The van der Waals surface area contributed by atoms with Crippen molar-refractivity contribution < 1.29 is 23.9 Å². The highest BCUT2D eigenvalue weighted by Gasteiger charge is 2.43. The zero-order chi connectivity index (χ0) is 17.9. The molecule has 0 radical (unpaired) electrons. The Morgan fingerprint density at radius 1 is 1.21 bits per heavy atom. The van der Waals surface area contributed by atoms with Crippen molar-refractivity contribution in [2.24, 2.45) is 5.73 Å². The van der Waals surface area contributed by atoms with Gasteiger partial charge in [-0.25, -0.2) is 4.79 Å². The van der Waals surface area contributed by atoms with Crippen molar-refractivity contribution in [1.29, 1.82) is 0 Å². The molecule has 2 atom stereocenters. The average Bonchev–Trinajstić information content (AvgIpc) is 2.80. The Morgan fingerprint density at radius 3 is 2.21 bits per heavy atom.